The van der Waals surface area contributed by atoms with Crippen LogP contribution in [0.4, 0.5) is 0 Å². The van der Waals surface area contributed by atoms with E-state index in [0.717, 1.165) is 44.3 Å². The average molecular weight is 258 g/mol. The maximum atomic E-state index is 11.2. The summed E-state index contributed by atoms with van der Waals surface area (Å²) < 4.78 is 0. The maximum absolute atomic E-state index is 11.2. The van der Waals surface area contributed by atoms with Gasteiger partial charge in [0.1, 0.15) is 0 Å². The summed E-state index contributed by atoms with van der Waals surface area (Å²) in [5.74, 6) is 0.153. The second-order valence-corrected chi connectivity index (χ2v) is 5.25. The van der Waals surface area contributed by atoms with Gasteiger partial charge < -0.3 is 5.11 Å². The van der Waals surface area contributed by atoms with Crippen molar-refractivity contribution in [1.82, 2.24) is 0 Å². The lowest BCUT2D eigenvalue weighted by molar-refractivity contribution is -0.137. The molecule has 0 bridgehead atoms. The van der Waals surface area contributed by atoms with Crippen LogP contribution in [0.15, 0.2) is 12.2 Å². The molecule has 0 unspecified atom stereocenters. The fourth-order valence-electron chi connectivity index (χ4n) is 1.37. The molecule has 0 saturated carbocycles. The molecule has 17 heavy (non-hydrogen) atoms. The third kappa shape index (κ3) is 11.5. The van der Waals surface area contributed by atoms with E-state index in [1.807, 2.05) is 0 Å². The van der Waals surface area contributed by atoms with Gasteiger partial charge in [-0.05, 0) is 25.3 Å². The smallest absolute Gasteiger partial charge is 0.303 e. The summed E-state index contributed by atoms with van der Waals surface area (Å²) in [5.41, 5.74) is 0.615. The zero-order chi connectivity index (χ0) is 13.1. The molecule has 0 aromatic rings. The first kappa shape index (κ1) is 16.2. The number of thioether (sulfide) groups is 1. The van der Waals surface area contributed by atoms with Crippen LogP contribution >= 0.6 is 11.8 Å². The molecule has 0 amide bonds. The second kappa shape index (κ2) is 10.4. The Bertz CT molecular complexity index is 261. The highest BCUT2D eigenvalue weighted by molar-refractivity contribution is 8.14. The minimum Gasteiger partial charge on any atom is -0.481 e. The van der Waals surface area contributed by atoms with Gasteiger partial charge in [-0.15, -0.1) is 0 Å². The number of carbonyl (C=O) groups is 2. The van der Waals surface area contributed by atoms with E-state index in [9.17, 15) is 9.59 Å². The molecule has 0 radical (unpaired) electrons. The first-order valence-electron chi connectivity index (χ1n) is 6.08. The van der Waals surface area contributed by atoms with Crippen molar-refractivity contribution < 1.29 is 14.7 Å². The standard InChI is InChI=1S/C13H22O3S/c1-11(2)13(16)17-10-8-6-4-3-5-7-9-12(14)15/h1,3-10H2,2H3,(H,14,15). The van der Waals surface area contributed by atoms with Crippen LogP contribution in [0.1, 0.15) is 51.9 Å². The van der Waals surface area contributed by atoms with E-state index in [1.165, 1.54) is 11.8 Å². The van der Waals surface area contributed by atoms with E-state index >= 15 is 0 Å². The van der Waals surface area contributed by atoms with E-state index in [2.05, 4.69) is 6.58 Å². The van der Waals surface area contributed by atoms with Gasteiger partial charge in [-0.25, -0.2) is 0 Å². The maximum Gasteiger partial charge on any atom is 0.303 e. The van der Waals surface area contributed by atoms with Crippen molar-refractivity contribution in [2.24, 2.45) is 0 Å². The van der Waals surface area contributed by atoms with Crippen molar-refractivity contribution in [3.63, 3.8) is 0 Å². The monoisotopic (exact) mass is 258 g/mol. The molecule has 0 rings (SSSR count). The molecule has 0 aliphatic rings. The Kier molecular flexibility index (Phi) is 9.92. The number of hydrogen-bond acceptors (Lipinski definition) is 3. The van der Waals surface area contributed by atoms with E-state index < -0.39 is 5.97 Å². The Hall–Kier alpha value is -0.770. The molecular weight excluding hydrogens is 236 g/mol. The van der Waals surface area contributed by atoms with E-state index in [4.69, 9.17) is 5.11 Å². The average Bonchev–Trinajstić information content (AvgIpc) is 2.25. The lowest BCUT2D eigenvalue weighted by Crippen LogP contribution is -1.94. The van der Waals surface area contributed by atoms with Gasteiger partial charge in [-0.3, -0.25) is 9.59 Å². The third-order valence-corrected chi connectivity index (χ3v) is 3.47. The molecule has 0 aromatic heterocycles. The normalized spacial score (nSPS) is 10.2. The van der Waals surface area contributed by atoms with Gasteiger partial charge in [0.2, 0.25) is 5.12 Å². The van der Waals surface area contributed by atoms with E-state index in [-0.39, 0.29) is 11.5 Å². The van der Waals surface area contributed by atoms with Crippen molar-refractivity contribution in [3.8, 4) is 0 Å². The molecule has 1 N–H and O–H groups in total. The van der Waals surface area contributed by atoms with Crippen LogP contribution in [0.25, 0.3) is 0 Å². The number of unbranched alkanes of at least 4 members (excludes halogenated alkanes) is 5. The Morgan fingerprint density at radius 2 is 1.59 bits per heavy atom. The van der Waals surface area contributed by atoms with Gasteiger partial charge >= 0.3 is 5.97 Å². The highest BCUT2D eigenvalue weighted by Crippen LogP contribution is 2.13. The van der Waals surface area contributed by atoms with Crippen molar-refractivity contribution in [1.29, 1.82) is 0 Å². The van der Waals surface area contributed by atoms with Crippen molar-refractivity contribution >= 4 is 22.8 Å². The van der Waals surface area contributed by atoms with Gasteiger partial charge in [-0.1, -0.05) is 44.0 Å². The lowest BCUT2D eigenvalue weighted by atomic mass is 10.1. The molecule has 0 saturated heterocycles. The number of rotatable bonds is 10. The summed E-state index contributed by atoms with van der Waals surface area (Å²) in [6.45, 7) is 5.33. The third-order valence-electron chi connectivity index (χ3n) is 2.37. The molecule has 4 heteroatoms. The second-order valence-electron chi connectivity index (χ2n) is 4.18. The molecule has 0 aliphatic carbocycles. The minimum absolute atomic E-state index is 0.0893. The minimum atomic E-state index is -0.709. The number of carboxylic acids is 1. The molecular formula is C13H22O3S. The van der Waals surface area contributed by atoms with Crippen LogP contribution in [-0.2, 0) is 9.59 Å². The molecule has 0 atom stereocenters. The SMILES string of the molecule is C=C(C)C(=O)SCCCCCCCCC(=O)O. The summed E-state index contributed by atoms with van der Waals surface area (Å²) >= 11 is 1.34. The summed E-state index contributed by atoms with van der Waals surface area (Å²) in [6.07, 6.45) is 6.42. The quantitative estimate of drug-likeness (QED) is 0.480. The first-order valence-corrected chi connectivity index (χ1v) is 7.07. The van der Waals surface area contributed by atoms with E-state index in [1.54, 1.807) is 6.92 Å². The molecule has 0 heterocycles. The number of aliphatic carboxylic acids is 1. The molecule has 0 spiro atoms. The Morgan fingerprint density at radius 1 is 1.06 bits per heavy atom. The highest BCUT2D eigenvalue weighted by Gasteiger charge is 2.02. The molecule has 0 fully saturated rings. The molecule has 3 nitrogen and oxygen atoms in total. The number of carbonyl (C=O) groups excluding carboxylic acids is 1. The zero-order valence-electron chi connectivity index (χ0n) is 10.5. The number of carboxylic acid groups (broad SMARTS) is 1. The van der Waals surface area contributed by atoms with Crippen molar-refractivity contribution in [2.75, 3.05) is 5.75 Å². The van der Waals surface area contributed by atoms with Crippen LogP contribution in [0.5, 0.6) is 0 Å². The summed E-state index contributed by atoms with van der Waals surface area (Å²) in [4.78, 5) is 21.4. The van der Waals surface area contributed by atoms with E-state index in [0.29, 0.717) is 5.57 Å². The molecule has 98 valence electrons. The van der Waals surface area contributed by atoms with Crippen LogP contribution in [0.2, 0.25) is 0 Å². The van der Waals surface area contributed by atoms with Gasteiger partial charge in [-0.2, -0.15) is 0 Å². The molecule has 0 aromatic carbocycles. The van der Waals surface area contributed by atoms with Gasteiger partial charge in [0.25, 0.3) is 0 Å². The Labute approximate surface area is 108 Å². The van der Waals surface area contributed by atoms with Crippen LogP contribution < -0.4 is 0 Å². The predicted molar refractivity (Wildman–Crippen MR) is 72.2 cm³/mol. The summed E-state index contributed by atoms with van der Waals surface area (Å²) in [5, 5.41) is 8.53. The van der Waals surface area contributed by atoms with Gasteiger partial charge in [0, 0.05) is 12.2 Å². The largest absolute Gasteiger partial charge is 0.481 e. The van der Waals surface area contributed by atoms with Crippen LogP contribution in [-0.4, -0.2) is 21.9 Å². The predicted octanol–water partition coefficient (Wildman–Crippen LogP) is 3.64. The topological polar surface area (TPSA) is 54.4 Å². The molecule has 0 aliphatic heterocycles. The zero-order valence-corrected chi connectivity index (χ0v) is 11.4. The Morgan fingerprint density at radius 3 is 2.12 bits per heavy atom. The van der Waals surface area contributed by atoms with Crippen LogP contribution in [0.3, 0.4) is 0 Å². The van der Waals surface area contributed by atoms with Gasteiger partial charge in [0.15, 0.2) is 0 Å². The lowest BCUT2D eigenvalue weighted by Gasteiger charge is -2.01. The Balaban J connectivity index is 3.16. The van der Waals surface area contributed by atoms with Crippen LogP contribution in [0, 0.1) is 0 Å². The fourth-order valence-corrected chi connectivity index (χ4v) is 2.15. The first-order chi connectivity index (χ1) is 8.04. The summed E-state index contributed by atoms with van der Waals surface area (Å²) in [7, 11) is 0. The fraction of sp³-hybridized carbons (Fsp3) is 0.692. The highest BCUT2D eigenvalue weighted by atomic mass is 32.2. The van der Waals surface area contributed by atoms with Crippen molar-refractivity contribution in [3.05, 3.63) is 12.2 Å². The van der Waals surface area contributed by atoms with Gasteiger partial charge in [0.05, 0.1) is 0 Å². The van der Waals surface area contributed by atoms with Crippen molar-refractivity contribution in [2.45, 2.75) is 51.9 Å². The summed E-state index contributed by atoms with van der Waals surface area (Å²) in [6, 6.07) is 0. The number of hydrogen-bond donors (Lipinski definition) is 1.